The summed E-state index contributed by atoms with van der Waals surface area (Å²) >= 11 is 0. The average Bonchev–Trinajstić information content (AvgIpc) is 2.69. The first-order valence-electron chi connectivity index (χ1n) is 9.12. The van der Waals surface area contributed by atoms with E-state index in [9.17, 15) is 9.90 Å². The maximum Gasteiger partial charge on any atom is 0.227 e. The van der Waals surface area contributed by atoms with E-state index in [2.05, 4.69) is 22.4 Å². The fourth-order valence-corrected chi connectivity index (χ4v) is 3.51. The summed E-state index contributed by atoms with van der Waals surface area (Å²) in [5.74, 6) is 0.00309. The molecule has 2 N–H and O–H groups in total. The molecule has 0 radical (unpaired) electrons. The highest BCUT2D eigenvalue weighted by Crippen LogP contribution is 2.37. The van der Waals surface area contributed by atoms with Crippen LogP contribution in [0.15, 0.2) is 48.8 Å². The molecule has 2 aromatic rings. The summed E-state index contributed by atoms with van der Waals surface area (Å²) in [6.07, 6.45) is 5.61. The number of nitrogens with one attached hydrogen (secondary N) is 1. The van der Waals surface area contributed by atoms with Gasteiger partial charge < -0.3 is 15.2 Å². The lowest BCUT2D eigenvalue weighted by Crippen LogP contribution is -2.49. The largest absolute Gasteiger partial charge is 0.394 e. The summed E-state index contributed by atoms with van der Waals surface area (Å²) in [4.78, 5) is 17.3. The van der Waals surface area contributed by atoms with Gasteiger partial charge in [-0.15, -0.1) is 0 Å². The van der Waals surface area contributed by atoms with Crippen LogP contribution in [-0.2, 0) is 16.0 Å². The van der Waals surface area contributed by atoms with Gasteiger partial charge in [0.15, 0.2) is 0 Å². The molecule has 138 valence electrons. The minimum atomic E-state index is -0.514. The van der Waals surface area contributed by atoms with Crippen molar-refractivity contribution in [1.82, 2.24) is 10.3 Å². The predicted octanol–water partition coefficient (Wildman–Crippen LogP) is 2.58. The van der Waals surface area contributed by atoms with Crippen molar-refractivity contribution in [2.75, 3.05) is 19.8 Å². The van der Waals surface area contributed by atoms with Gasteiger partial charge in [-0.2, -0.15) is 0 Å². The summed E-state index contributed by atoms with van der Waals surface area (Å²) in [5.41, 5.74) is 2.78. The first-order valence-corrected chi connectivity index (χ1v) is 9.12. The number of nitrogens with zero attached hydrogens (tertiary/aromatic N) is 1. The number of hydrogen-bond donors (Lipinski definition) is 2. The van der Waals surface area contributed by atoms with Crippen LogP contribution in [0, 0.1) is 5.41 Å². The molecular weight excluding hydrogens is 328 g/mol. The quantitative estimate of drug-likeness (QED) is 0.836. The maximum atomic E-state index is 13.1. The Kier molecular flexibility index (Phi) is 6.01. The van der Waals surface area contributed by atoms with Crippen LogP contribution in [0.3, 0.4) is 0 Å². The zero-order valence-electron chi connectivity index (χ0n) is 15.1. The van der Waals surface area contributed by atoms with Gasteiger partial charge in [0.25, 0.3) is 0 Å². The van der Waals surface area contributed by atoms with Gasteiger partial charge in [-0.1, -0.05) is 30.3 Å². The van der Waals surface area contributed by atoms with E-state index in [1.165, 1.54) is 0 Å². The molecule has 1 amide bonds. The molecule has 1 aliphatic heterocycles. The number of hydrogen-bond acceptors (Lipinski definition) is 4. The lowest BCUT2D eigenvalue weighted by Gasteiger charge is -2.37. The smallest absolute Gasteiger partial charge is 0.227 e. The number of benzene rings is 1. The number of amides is 1. The van der Waals surface area contributed by atoms with Gasteiger partial charge in [0.1, 0.15) is 0 Å². The fraction of sp³-hybridized carbons (Fsp3) is 0.429. The van der Waals surface area contributed by atoms with Gasteiger partial charge in [-0.25, -0.2) is 0 Å². The van der Waals surface area contributed by atoms with E-state index in [-0.39, 0.29) is 18.6 Å². The first-order chi connectivity index (χ1) is 12.6. The Balaban J connectivity index is 1.92. The van der Waals surface area contributed by atoms with Gasteiger partial charge in [-0.3, -0.25) is 9.78 Å². The molecule has 1 saturated heterocycles. The van der Waals surface area contributed by atoms with Crippen LogP contribution in [0.1, 0.15) is 25.3 Å². The van der Waals surface area contributed by atoms with Crippen molar-refractivity contribution in [3.05, 3.63) is 54.4 Å². The molecule has 3 rings (SSSR count). The van der Waals surface area contributed by atoms with Gasteiger partial charge >= 0.3 is 0 Å². The lowest BCUT2D eigenvalue weighted by atomic mass is 9.73. The Labute approximate surface area is 154 Å². The second-order valence-corrected chi connectivity index (χ2v) is 7.03. The Morgan fingerprint density at radius 3 is 2.73 bits per heavy atom. The zero-order valence-corrected chi connectivity index (χ0v) is 15.1. The second-order valence-electron chi connectivity index (χ2n) is 7.03. The van der Waals surface area contributed by atoms with Crippen LogP contribution < -0.4 is 5.32 Å². The highest BCUT2D eigenvalue weighted by molar-refractivity contribution is 5.84. The van der Waals surface area contributed by atoms with Crippen molar-refractivity contribution < 1.29 is 14.6 Å². The number of carbonyl (C=O) groups is 1. The normalized spacial score (nSPS) is 17.5. The number of aliphatic hydroxyl groups excluding tert-OH is 1. The summed E-state index contributed by atoms with van der Waals surface area (Å²) in [5, 5.41) is 12.3. The van der Waals surface area contributed by atoms with E-state index in [1.54, 1.807) is 6.20 Å². The van der Waals surface area contributed by atoms with E-state index < -0.39 is 5.41 Å². The molecule has 1 aromatic carbocycles. The average molecular weight is 354 g/mol. The zero-order chi connectivity index (χ0) is 18.4. The van der Waals surface area contributed by atoms with Crippen LogP contribution in [0.4, 0.5) is 0 Å². The molecule has 1 aromatic heterocycles. The van der Waals surface area contributed by atoms with E-state index >= 15 is 0 Å². The number of ether oxygens (including phenoxy) is 1. The number of pyridine rings is 1. The van der Waals surface area contributed by atoms with Crippen molar-refractivity contribution in [1.29, 1.82) is 0 Å². The number of rotatable bonds is 6. The third kappa shape index (κ3) is 4.11. The number of aliphatic hydroxyl groups is 1. The van der Waals surface area contributed by atoms with Crippen LogP contribution in [0.25, 0.3) is 11.1 Å². The molecular formula is C21H26N2O3. The Morgan fingerprint density at radius 2 is 2.04 bits per heavy atom. The van der Waals surface area contributed by atoms with Crippen LogP contribution in [0.2, 0.25) is 0 Å². The van der Waals surface area contributed by atoms with E-state index in [0.29, 0.717) is 32.5 Å². The van der Waals surface area contributed by atoms with E-state index in [4.69, 9.17) is 4.74 Å². The molecule has 0 unspecified atom stereocenters. The summed E-state index contributed by atoms with van der Waals surface area (Å²) in [7, 11) is 0. The van der Waals surface area contributed by atoms with Gasteiger partial charge in [0.05, 0.1) is 12.0 Å². The Bertz CT molecular complexity index is 727. The fourth-order valence-electron chi connectivity index (χ4n) is 3.51. The SMILES string of the molecule is C[C@@H](CO)NC(=O)C1(Cc2ccccc2-c2cccnc2)CCOCC1. The highest BCUT2D eigenvalue weighted by Gasteiger charge is 2.40. The van der Waals surface area contributed by atoms with Gasteiger partial charge in [0, 0.05) is 37.2 Å². The summed E-state index contributed by atoms with van der Waals surface area (Å²) in [6.45, 7) is 2.91. The third-order valence-electron chi connectivity index (χ3n) is 5.10. The highest BCUT2D eigenvalue weighted by atomic mass is 16.5. The summed E-state index contributed by atoms with van der Waals surface area (Å²) < 4.78 is 5.52. The number of aromatic nitrogens is 1. The molecule has 1 atom stereocenters. The van der Waals surface area contributed by atoms with E-state index in [0.717, 1.165) is 16.7 Å². The third-order valence-corrected chi connectivity index (χ3v) is 5.10. The van der Waals surface area contributed by atoms with Crippen molar-refractivity contribution in [2.45, 2.75) is 32.2 Å². The molecule has 0 spiro atoms. The molecule has 1 aliphatic rings. The molecule has 1 fully saturated rings. The maximum absolute atomic E-state index is 13.1. The topological polar surface area (TPSA) is 71.5 Å². The van der Waals surface area contributed by atoms with Crippen molar-refractivity contribution in [3.63, 3.8) is 0 Å². The molecule has 5 nitrogen and oxygen atoms in total. The molecule has 26 heavy (non-hydrogen) atoms. The van der Waals surface area contributed by atoms with Crippen LogP contribution >= 0.6 is 0 Å². The Hall–Kier alpha value is -2.24. The summed E-state index contributed by atoms with van der Waals surface area (Å²) in [6, 6.07) is 11.9. The van der Waals surface area contributed by atoms with Crippen molar-refractivity contribution in [2.24, 2.45) is 5.41 Å². The molecule has 2 heterocycles. The molecule has 0 aliphatic carbocycles. The lowest BCUT2D eigenvalue weighted by molar-refractivity contribution is -0.137. The predicted molar refractivity (Wildman–Crippen MR) is 101 cm³/mol. The minimum Gasteiger partial charge on any atom is -0.394 e. The van der Waals surface area contributed by atoms with Crippen LogP contribution in [-0.4, -0.2) is 41.9 Å². The molecule has 5 heteroatoms. The molecule has 0 bridgehead atoms. The first kappa shape index (κ1) is 18.5. The van der Waals surface area contributed by atoms with Crippen molar-refractivity contribution >= 4 is 5.91 Å². The second kappa shape index (κ2) is 8.43. The standard InChI is InChI=1S/C21H26N2O3/c1-16(15-24)23-20(25)21(8-11-26-12-9-21)13-17-5-2-3-7-19(17)18-6-4-10-22-14-18/h2-7,10,14,16,24H,8-9,11-13,15H2,1H3,(H,23,25)/t16-/m0/s1. The number of carbonyl (C=O) groups excluding carboxylic acids is 1. The van der Waals surface area contributed by atoms with E-state index in [1.807, 2.05) is 37.4 Å². The molecule has 0 saturated carbocycles. The monoisotopic (exact) mass is 354 g/mol. The minimum absolute atomic E-state index is 0.00309. The van der Waals surface area contributed by atoms with Gasteiger partial charge in [0.2, 0.25) is 5.91 Å². The van der Waals surface area contributed by atoms with Crippen molar-refractivity contribution in [3.8, 4) is 11.1 Å². The van der Waals surface area contributed by atoms with Gasteiger partial charge in [-0.05, 0) is 43.4 Å². The van der Waals surface area contributed by atoms with Crippen LogP contribution in [0.5, 0.6) is 0 Å². The Morgan fingerprint density at radius 1 is 1.27 bits per heavy atom.